The number of carbonyl (C=O) groups is 1. The van der Waals surface area contributed by atoms with Crippen molar-refractivity contribution in [2.75, 3.05) is 38.7 Å². The molecule has 2 aromatic carbocycles. The molecule has 0 radical (unpaired) electrons. The zero-order valence-electron chi connectivity index (χ0n) is 18.0. The second-order valence-corrected chi connectivity index (χ2v) is 6.60. The first-order chi connectivity index (χ1) is 14.7. The van der Waals surface area contributed by atoms with Crippen LogP contribution in [0.3, 0.4) is 0 Å². The number of benzene rings is 2. The molecule has 0 saturated heterocycles. The number of amides is 1. The fraction of sp³-hybridized carbons (Fsp3) is 0.391. The van der Waals surface area contributed by atoms with Gasteiger partial charge in [-0.25, -0.2) is 4.99 Å². The number of aliphatic imine (C=N–C) groups is 1. The third kappa shape index (κ3) is 8.13. The van der Waals surface area contributed by atoms with Gasteiger partial charge in [-0.3, -0.25) is 4.79 Å². The van der Waals surface area contributed by atoms with Gasteiger partial charge in [0.15, 0.2) is 5.96 Å². The quantitative estimate of drug-likeness (QED) is 0.299. The van der Waals surface area contributed by atoms with Crippen molar-refractivity contribution in [3.63, 3.8) is 0 Å². The molecule has 0 spiro atoms. The summed E-state index contributed by atoms with van der Waals surface area (Å²) < 4.78 is 10.8. The average Bonchev–Trinajstić information content (AvgIpc) is 2.76. The summed E-state index contributed by atoms with van der Waals surface area (Å²) in [4.78, 5) is 16.7. The Morgan fingerprint density at radius 1 is 1.00 bits per heavy atom. The lowest BCUT2D eigenvalue weighted by molar-refractivity contribution is 0.0955. The van der Waals surface area contributed by atoms with E-state index in [1.165, 1.54) is 0 Å². The van der Waals surface area contributed by atoms with Gasteiger partial charge in [0.2, 0.25) is 0 Å². The smallest absolute Gasteiger partial charge is 0.251 e. The summed E-state index contributed by atoms with van der Waals surface area (Å²) in [5.41, 5.74) is 2.49. The summed E-state index contributed by atoms with van der Waals surface area (Å²) in [6.07, 6.45) is 0.841. The van der Waals surface area contributed by atoms with Gasteiger partial charge in [0.1, 0.15) is 5.75 Å². The lowest BCUT2D eigenvalue weighted by Gasteiger charge is -2.13. The van der Waals surface area contributed by atoms with Crippen LogP contribution in [0.2, 0.25) is 0 Å². The van der Waals surface area contributed by atoms with E-state index in [0.717, 1.165) is 30.0 Å². The van der Waals surface area contributed by atoms with Crippen LogP contribution in [0, 0.1) is 0 Å². The predicted molar refractivity (Wildman–Crippen MR) is 121 cm³/mol. The summed E-state index contributed by atoms with van der Waals surface area (Å²) in [7, 11) is 1.68. The fourth-order valence-corrected chi connectivity index (χ4v) is 2.74. The number of ether oxygens (including phenoxy) is 2. The van der Waals surface area contributed by atoms with Gasteiger partial charge in [0.05, 0.1) is 13.2 Å². The van der Waals surface area contributed by atoms with E-state index >= 15 is 0 Å². The Hall–Kier alpha value is -3.06. The molecule has 0 heterocycles. The lowest BCUT2D eigenvalue weighted by atomic mass is 10.1. The Kier molecular flexibility index (Phi) is 10.2. The Bertz CT molecular complexity index is 824. The van der Waals surface area contributed by atoms with Crippen molar-refractivity contribution in [2.24, 2.45) is 4.99 Å². The number of rotatable bonds is 11. The van der Waals surface area contributed by atoms with Gasteiger partial charge in [-0.1, -0.05) is 18.2 Å². The number of nitrogens with one attached hydrogen (secondary N) is 3. The van der Waals surface area contributed by atoms with E-state index in [9.17, 15) is 4.79 Å². The zero-order valence-corrected chi connectivity index (χ0v) is 18.0. The van der Waals surface area contributed by atoms with Gasteiger partial charge in [-0.2, -0.15) is 0 Å². The normalized spacial score (nSPS) is 11.1. The van der Waals surface area contributed by atoms with Crippen molar-refractivity contribution >= 4 is 17.6 Å². The highest BCUT2D eigenvalue weighted by molar-refractivity contribution is 5.95. The van der Waals surface area contributed by atoms with E-state index < -0.39 is 0 Å². The molecule has 2 rings (SSSR count). The van der Waals surface area contributed by atoms with Crippen molar-refractivity contribution in [3.05, 3.63) is 59.7 Å². The Morgan fingerprint density at radius 3 is 2.57 bits per heavy atom. The van der Waals surface area contributed by atoms with Crippen LogP contribution < -0.4 is 20.7 Å². The molecule has 0 fully saturated rings. The molecule has 0 unspecified atom stereocenters. The summed E-state index contributed by atoms with van der Waals surface area (Å²) in [6, 6.07) is 15.3. The number of nitrogens with zero attached hydrogens (tertiary/aromatic N) is 1. The van der Waals surface area contributed by atoms with Crippen molar-refractivity contribution in [1.82, 2.24) is 10.6 Å². The minimum absolute atomic E-state index is 0.0734. The first kappa shape index (κ1) is 23.2. The van der Waals surface area contributed by atoms with Crippen LogP contribution >= 0.6 is 0 Å². The summed E-state index contributed by atoms with van der Waals surface area (Å²) in [5, 5.41) is 9.36. The number of methoxy groups -OCH3 is 1. The molecule has 30 heavy (non-hydrogen) atoms. The number of guanidine groups is 1. The highest BCUT2D eigenvalue weighted by Gasteiger charge is 2.05. The molecule has 0 saturated carbocycles. The monoisotopic (exact) mass is 412 g/mol. The van der Waals surface area contributed by atoms with Gasteiger partial charge in [-0.15, -0.1) is 0 Å². The summed E-state index contributed by atoms with van der Waals surface area (Å²) in [5.74, 6) is 1.38. The highest BCUT2D eigenvalue weighted by Crippen LogP contribution is 2.17. The molecule has 162 valence electrons. The fourth-order valence-electron chi connectivity index (χ4n) is 2.74. The molecule has 0 bridgehead atoms. The summed E-state index contributed by atoms with van der Waals surface area (Å²) in [6.45, 7) is 6.99. The first-order valence-electron chi connectivity index (χ1n) is 10.3. The molecular weight excluding hydrogens is 380 g/mol. The topological polar surface area (TPSA) is 84.0 Å². The van der Waals surface area contributed by atoms with Crippen molar-refractivity contribution in [2.45, 2.75) is 26.8 Å². The van der Waals surface area contributed by atoms with Crippen LogP contribution in [0.15, 0.2) is 53.5 Å². The predicted octanol–water partition coefficient (Wildman–Crippen LogP) is 3.43. The van der Waals surface area contributed by atoms with Crippen LogP contribution in [0.4, 0.5) is 5.69 Å². The Morgan fingerprint density at radius 2 is 1.80 bits per heavy atom. The number of hydrogen-bond acceptors (Lipinski definition) is 4. The highest BCUT2D eigenvalue weighted by atomic mass is 16.5. The van der Waals surface area contributed by atoms with Crippen LogP contribution in [0.1, 0.15) is 36.2 Å². The van der Waals surface area contributed by atoms with Crippen molar-refractivity contribution < 1.29 is 14.3 Å². The maximum atomic E-state index is 12.0. The van der Waals surface area contributed by atoms with Gasteiger partial charge in [0.25, 0.3) is 5.91 Å². The van der Waals surface area contributed by atoms with Crippen molar-refractivity contribution in [3.8, 4) is 5.75 Å². The Balaban J connectivity index is 2.03. The molecule has 0 atom stereocenters. The second-order valence-electron chi connectivity index (χ2n) is 6.60. The molecule has 0 aliphatic rings. The van der Waals surface area contributed by atoms with Gasteiger partial charge >= 0.3 is 0 Å². The molecular formula is C23H32N4O3. The molecule has 1 amide bonds. The first-order valence-corrected chi connectivity index (χ1v) is 10.3. The molecule has 0 aromatic heterocycles. The van der Waals surface area contributed by atoms with E-state index in [4.69, 9.17) is 9.47 Å². The van der Waals surface area contributed by atoms with Gasteiger partial charge < -0.3 is 25.4 Å². The average molecular weight is 413 g/mol. The maximum absolute atomic E-state index is 12.0. The molecule has 7 heteroatoms. The van der Waals surface area contributed by atoms with E-state index in [0.29, 0.717) is 37.8 Å². The standard InChI is InChI=1S/C23H32N4O3/c1-4-24-22(28)19-10-6-9-18(15-19)17-26-23(25-5-2)27-20-11-7-12-21(16-20)30-14-8-13-29-3/h6-7,9-12,15-16H,4-5,8,13-14,17H2,1-3H3,(H,24,28)(H2,25,26,27). The zero-order chi connectivity index (χ0) is 21.6. The number of anilines is 1. The van der Waals surface area contributed by atoms with Crippen LogP contribution in [0.25, 0.3) is 0 Å². The molecule has 0 aliphatic heterocycles. The van der Waals surface area contributed by atoms with E-state index in [1.54, 1.807) is 13.2 Å². The maximum Gasteiger partial charge on any atom is 0.251 e. The largest absolute Gasteiger partial charge is 0.493 e. The van der Waals surface area contributed by atoms with Crippen LogP contribution in [-0.4, -0.2) is 45.3 Å². The summed E-state index contributed by atoms with van der Waals surface area (Å²) >= 11 is 0. The van der Waals surface area contributed by atoms with E-state index in [-0.39, 0.29) is 5.91 Å². The van der Waals surface area contributed by atoms with Gasteiger partial charge in [0, 0.05) is 50.5 Å². The Labute approximate surface area is 178 Å². The third-order valence-corrected chi connectivity index (χ3v) is 4.15. The van der Waals surface area contributed by atoms with Crippen molar-refractivity contribution in [1.29, 1.82) is 0 Å². The number of hydrogen-bond donors (Lipinski definition) is 3. The van der Waals surface area contributed by atoms with Crippen LogP contribution in [0.5, 0.6) is 5.75 Å². The van der Waals surface area contributed by atoms with E-state index in [1.807, 2.05) is 56.3 Å². The molecule has 0 aliphatic carbocycles. The molecule has 2 aromatic rings. The van der Waals surface area contributed by atoms with Gasteiger partial charge in [-0.05, 0) is 43.7 Å². The minimum Gasteiger partial charge on any atom is -0.493 e. The third-order valence-electron chi connectivity index (χ3n) is 4.15. The number of carbonyl (C=O) groups excluding carboxylic acids is 1. The second kappa shape index (κ2) is 13.2. The molecule has 3 N–H and O–H groups in total. The lowest BCUT2D eigenvalue weighted by Crippen LogP contribution is -2.30. The van der Waals surface area contributed by atoms with E-state index in [2.05, 4.69) is 20.9 Å². The van der Waals surface area contributed by atoms with Crippen LogP contribution in [-0.2, 0) is 11.3 Å². The molecule has 7 nitrogen and oxygen atoms in total. The SMILES string of the molecule is CCNC(=O)c1cccc(CN=C(NCC)Nc2cccc(OCCCOC)c2)c1. The minimum atomic E-state index is -0.0734.